The lowest BCUT2D eigenvalue weighted by Crippen LogP contribution is -2.58. The maximum atomic E-state index is 13.2. The highest BCUT2D eigenvalue weighted by Gasteiger charge is 2.52. The zero-order chi connectivity index (χ0) is 18.2. The van der Waals surface area contributed by atoms with Gasteiger partial charge < -0.3 is 5.11 Å². The normalized spacial score (nSPS) is 29.9. The summed E-state index contributed by atoms with van der Waals surface area (Å²) in [6.45, 7) is 0.351. The third-order valence-corrected chi connectivity index (χ3v) is 7.99. The van der Waals surface area contributed by atoms with Gasteiger partial charge in [-0.1, -0.05) is 61.4 Å². The largest absolute Gasteiger partial charge is 0.385 e. The number of aliphatic hydroxyl groups is 1. The Balaban J connectivity index is 1.72. The molecule has 3 atom stereocenters. The average Bonchev–Trinajstić information content (AvgIpc) is 2.69. The first kappa shape index (κ1) is 17.7. The van der Waals surface area contributed by atoms with Crippen LogP contribution < -0.4 is 0 Å². The zero-order valence-electron chi connectivity index (χ0n) is 14.8. The lowest BCUT2D eigenvalue weighted by Gasteiger charge is -2.51. The topological polar surface area (TPSA) is 57.6 Å². The maximum Gasteiger partial charge on any atom is 0.243 e. The van der Waals surface area contributed by atoms with Gasteiger partial charge in [-0.25, -0.2) is 8.42 Å². The van der Waals surface area contributed by atoms with Gasteiger partial charge in [0.25, 0.3) is 0 Å². The minimum Gasteiger partial charge on any atom is -0.385 e. The number of piperidine rings is 1. The minimum absolute atomic E-state index is 0.0640. The van der Waals surface area contributed by atoms with Crippen molar-refractivity contribution >= 4 is 10.0 Å². The zero-order valence-corrected chi connectivity index (χ0v) is 15.6. The van der Waals surface area contributed by atoms with Gasteiger partial charge in [0.2, 0.25) is 10.0 Å². The molecule has 26 heavy (non-hydrogen) atoms. The number of sulfonamides is 1. The van der Waals surface area contributed by atoms with E-state index in [2.05, 4.69) is 0 Å². The first-order chi connectivity index (χ1) is 12.5. The van der Waals surface area contributed by atoms with E-state index in [4.69, 9.17) is 0 Å². The fourth-order valence-corrected chi connectivity index (χ4v) is 6.47. The Labute approximate surface area is 155 Å². The van der Waals surface area contributed by atoms with Crippen LogP contribution in [0, 0.1) is 5.92 Å². The number of hydrogen-bond donors (Lipinski definition) is 1. The first-order valence-corrected chi connectivity index (χ1v) is 10.8. The fourth-order valence-electron chi connectivity index (χ4n) is 4.76. The van der Waals surface area contributed by atoms with E-state index in [1.54, 1.807) is 28.6 Å². The Morgan fingerprint density at radius 2 is 1.54 bits per heavy atom. The predicted molar refractivity (Wildman–Crippen MR) is 101 cm³/mol. The molecule has 0 spiro atoms. The van der Waals surface area contributed by atoms with E-state index in [0.29, 0.717) is 17.9 Å². The lowest BCUT2D eigenvalue weighted by atomic mass is 9.67. The molecule has 0 amide bonds. The van der Waals surface area contributed by atoms with E-state index < -0.39 is 15.6 Å². The second-order valence-electron chi connectivity index (χ2n) is 7.43. The van der Waals surface area contributed by atoms with Gasteiger partial charge in [-0.2, -0.15) is 4.31 Å². The van der Waals surface area contributed by atoms with Crippen molar-refractivity contribution < 1.29 is 13.5 Å². The highest BCUT2D eigenvalue weighted by molar-refractivity contribution is 7.89. The molecule has 1 saturated carbocycles. The molecule has 1 saturated heterocycles. The molecule has 0 bridgehead atoms. The second kappa shape index (κ2) is 6.80. The van der Waals surface area contributed by atoms with E-state index in [0.717, 1.165) is 31.2 Å². The van der Waals surface area contributed by atoms with Crippen LogP contribution in [-0.2, 0) is 15.6 Å². The molecule has 2 aromatic carbocycles. The minimum atomic E-state index is -3.54. The fraction of sp³-hybridized carbons (Fsp3) is 0.429. The molecular formula is C21H25NO3S. The molecular weight excluding hydrogens is 346 g/mol. The van der Waals surface area contributed by atoms with Crippen molar-refractivity contribution in [1.82, 2.24) is 4.31 Å². The van der Waals surface area contributed by atoms with Crippen LogP contribution in [0.1, 0.15) is 37.7 Å². The van der Waals surface area contributed by atoms with Crippen LogP contribution in [-0.4, -0.2) is 30.4 Å². The third kappa shape index (κ3) is 2.88. The van der Waals surface area contributed by atoms with Crippen LogP contribution in [0.2, 0.25) is 0 Å². The number of fused-ring (bicyclic) bond motifs is 1. The summed E-state index contributed by atoms with van der Waals surface area (Å²) < 4.78 is 28.1. The Hall–Kier alpha value is -1.69. The van der Waals surface area contributed by atoms with Gasteiger partial charge in [0.05, 0.1) is 10.5 Å². The summed E-state index contributed by atoms with van der Waals surface area (Å²) in [5.41, 5.74) is -0.0386. The van der Waals surface area contributed by atoms with Crippen LogP contribution in [0.3, 0.4) is 0 Å². The van der Waals surface area contributed by atoms with Crippen LogP contribution >= 0.6 is 0 Å². The summed E-state index contributed by atoms with van der Waals surface area (Å²) in [5.74, 6) is -0.0640. The Morgan fingerprint density at radius 1 is 0.923 bits per heavy atom. The monoisotopic (exact) mass is 371 g/mol. The number of nitrogens with zero attached hydrogens (tertiary/aromatic N) is 1. The van der Waals surface area contributed by atoms with Crippen LogP contribution in [0.25, 0.3) is 0 Å². The molecule has 1 N–H and O–H groups in total. The van der Waals surface area contributed by atoms with Crippen molar-refractivity contribution in [2.45, 2.75) is 48.6 Å². The highest BCUT2D eigenvalue weighted by Crippen LogP contribution is 2.48. The van der Waals surface area contributed by atoms with Crippen molar-refractivity contribution in [3.63, 3.8) is 0 Å². The molecule has 4 nitrogen and oxygen atoms in total. The molecule has 1 aliphatic heterocycles. The average molecular weight is 372 g/mol. The van der Waals surface area contributed by atoms with Crippen LogP contribution in [0.4, 0.5) is 0 Å². The van der Waals surface area contributed by atoms with E-state index >= 15 is 0 Å². The summed E-state index contributed by atoms with van der Waals surface area (Å²) in [6, 6.07) is 18.3. The molecule has 0 radical (unpaired) electrons. The highest BCUT2D eigenvalue weighted by atomic mass is 32.2. The van der Waals surface area contributed by atoms with Crippen molar-refractivity contribution in [3.05, 3.63) is 66.2 Å². The number of benzene rings is 2. The van der Waals surface area contributed by atoms with Gasteiger partial charge in [0.15, 0.2) is 0 Å². The molecule has 2 aliphatic rings. The molecule has 2 fully saturated rings. The molecule has 138 valence electrons. The lowest BCUT2D eigenvalue weighted by molar-refractivity contribution is -0.100. The summed E-state index contributed by atoms with van der Waals surface area (Å²) in [6.07, 6.45) is 4.15. The van der Waals surface area contributed by atoms with Gasteiger partial charge in [0, 0.05) is 18.5 Å². The summed E-state index contributed by atoms with van der Waals surface area (Å²) >= 11 is 0. The SMILES string of the molecule is O=S(=O)(c1ccccc1)N1CC[C@](O)(c2ccccc2)[C@H]2CCCC[C@@H]21. The van der Waals surface area contributed by atoms with Gasteiger partial charge >= 0.3 is 0 Å². The quantitative estimate of drug-likeness (QED) is 0.898. The second-order valence-corrected chi connectivity index (χ2v) is 9.32. The number of rotatable bonds is 3. The molecule has 0 aromatic heterocycles. The summed E-state index contributed by atoms with van der Waals surface area (Å²) in [5, 5.41) is 11.6. The molecule has 1 aliphatic carbocycles. The van der Waals surface area contributed by atoms with Crippen molar-refractivity contribution in [3.8, 4) is 0 Å². The van der Waals surface area contributed by atoms with E-state index in [9.17, 15) is 13.5 Å². The first-order valence-electron chi connectivity index (χ1n) is 9.38. The third-order valence-electron chi connectivity index (χ3n) is 6.05. The van der Waals surface area contributed by atoms with Crippen LogP contribution in [0.5, 0.6) is 0 Å². The van der Waals surface area contributed by atoms with Crippen molar-refractivity contribution in [2.75, 3.05) is 6.54 Å². The molecule has 2 aromatic rings. The van der Waals surface area contributed by atoms with E-state index in [1.165, 1.54) is 0 Å². The van der Waals surface area contributed by atoms with Gasteiger partial charge in [0.1, 0.15) is 0 Å². The van der Waals surface area contributed by atoms with Crippen molar-refractivity contribution in [2.24, 2.45) is 5.92 Å². The van der Waals surface area contributed by atoms with Gasteiger partial charge in [-0.05, 0) is 37.0 Å². The van der Waals surface area contributed by atoms with E-state index in [1.807, 2.05) is 36.4 Å². The number of hydrogen-bond acceptors (Lipinski definition) is 3. The van der Waals surface area contributed by atoms with Crippen molar-refractivity contribution in [1.29, 1.82) is 0 Å². The molecule has 5 heteroatoms. The van der Waals surface area contributed by atoms with E-state index in [-0.39, 0.29) is 12.0 Å². The summed E-state index contributed by atoms with van der Waals surface area (Å²) in [4.78, 5) is 0.342. The molecule has 4 rings (SSSR count). The molecule has 0 unspecified atom stereocenters. The van der Waals surface area contributed by atoms with Crippen LogP contribution in [0.15, 0.2) is 65.6 Å². The van der Waals surface area contributed by atoms with Gasteiger partial charge in [-0.15, -0.1) is 0 Å². The smallest absolute Gasteiger partial charge is 0.243 e. The standard InChI is InChI=1S/C21H25NO3S/c23-21(17-9-3-1-4-10-17)15-16-22(20-14-8-7-13-19(20)21)26(24,25)18-11-5-2-6-12-18/h1-6,9-12,19-20,23H,7-8,13-16H2/t19-,20-,21-/m0/s1. The Morgan fingerprint density at radius 3 is 2.23 bits per heavy atom. The predicted octanol–water partition coefficient (Wildman–Crippen LogP) is 3.53. The summed E-state index contributed by atoms with van der Waals surface area (Å²) in [7, 11) is -3.54. The molecule has 1 heterocycles. The Bertz CT molecular complexity index is 853. The maximum absolute atomic E-state index is 13.2. The van der Waals surface area contributed by atoms with Gasteiger partial charge in [-0.3, -0.25) is 0 Å². The Kier molecular flexibility index (Phi) is 4.63.